The number of ether oxygens (including phenoxy) is 1. The van der Waals surface area contributed by atoms with Crippen molar-refractivity contribution < 1.29 is 4.74 Å². The molecular formula is C14H25N5OSi. The van der Waals surface area contributed by atoms with Crippen LogP contribution < -0.4 is 5.73 Å². The third kappa shape index (κ3) is 5.72. The van der Waals surface area contributed by atoms with E-state index in [2.05, 4.69) is 39.8 Å². The fourth-order valence-electron chi connectivity index (χ4n) is 1.93. The minimum atomic E-state index is -1.01. The van der Waals surface area contributed by atoms with Gasteiger partial charge in [0, 0.05) is 32.9 Å². The Morgan fingerprint density at radius 3 is 2.71 bits per heavy atom. The Balaban J connectivity index is 1.71. The zero-order chi connectivity index (χ0) is 15.3. The summed E-state index contributed by atoms with van der Waals surface area (Å²) in [5, 5.41) is 6.81. The number of hydrogen-bond acceptors (Lipinski definition) is 4. The molecule has 0 saturated carbocycles. The molecular weight excluding hydrogens is 282 g/mol. The summed E-state index contributed by atoms with van der Waals surface area (Å²) in [5.74, 6) is 1.49. The van der Waals surface area contributed by atoms with Crippen LogP contribution >= 0.6 is 0 Å². The summed E-state index contributed by atoms with van der Waals surface area (Å²) in [6.07, 6.45) is 3.52. The summed E-state index contributed by atoms with van der Waals surface area (Å²) < 4.78 is 5.71. The standard InChI is InChI=1S/C14H25N5OSi/c1-21(2,3)7-6-20-10-12-9-16-14(17-12)5-4-11-8-13(15)19-18-11/h8-9H,4-7,10H2,1-3H3,(H,16,17)(H3,15,18,19). The molecule has 2 heterocycles. The Hall–Kier alpha value is -1.60. The molecule has 6 nitrogen and oxygen atoms in total. The van der Waals surface area contributed by atoms with E-state index in [-0.39, 0.29) is 0 Å². The average molecular weight is 307 g/mol. The van der Waals surface area contributed by atoms with E-state index in [0.717, 1.165) is 36.7 Å². The maximum absolute atomic E-state index is 5.71. The maximum Gasteiger partial charge on any atom is 0.145 e. The van der Waals surface area contributed by atoms with Gasteiger partial charge in [0.1, 0.15) is 11.6 Å². The summed E-state index contributed by atoms with van der Waals surface area (Å²) in [6.45, 7) is 8.50. The number of aryl methyl sites for hydroxylation is 2. The molecule has 4 N–H and O–H groups in total. The van der Waals surface area contributed by atoms with Gasteiger partial charge in [0.25, 0.3) is 0 Å². The molecule has 0 radical (unpaired) electrons. The Kier molecular flexibility index (Phi) is 5.19. The molecule has 0 spiro atoms. The lowest BCUT2D eigenvalue weighted by molar-refractivity contribution is 0.130. The largest absolute Gasteiger partial charge is 0.382 e. The molecule has 0 atom stereocenters. The number of hydrogen-bond donors (Lipinski definition) is 3. The van der Waals surface area contributed by atoms with Gasteiger partial charge in [-0.05, 0) is 12.5 Å². The molecule has 0 aliphatic rings. The molecule has 0 aliphatic carbocycles. The first-order valence-corrected chi connectivity index (χ1v) is 11.0. The van der Waals surface area contributed by atoms with Crippen molar-refractivity contribution in [2.24, 2.45) is 0 Å². The molecule has 0 bridgehead atoms. The first-order valence-electron chi connectivity index (χ1n) is 7.33. The van der Waals surface area contributed by atoms with Crippen LogP contribution in [0.3, 0.4) is 0 Å². The predicted octanol–water partition coefficient (Wildman–Crippen LogP) is 2.35. The highest BCUT2D eigenvalue weighted by atomic mass is 28.3. The number of nitrogens with two attached hydrogens (primary N) is 1. The fourth-order valence-corrected chi connectivity index (χ4v) is 2.68. The highest BCUT2D eigenvalue weighted by Gasteiger charge is 2.12. The lowest BCUT2D eigenvalue weighted by Crippen LogP contribution is -2.21. The van der Waals surface area contributed by atoms with E-state index in [1.54, 1.807) is 0 Å². The second kappa shape index (κ2) is 6.90. The number of H-pyrrole nitrogens is 2. The van der Waals surface area contributed by atoms with Crippen molar-refractivity contribution in [3.05, 3.63) is 29.5 Å². The van der Waals surface area contributed by atoms with Gasteiger partial charge >= 0.3 is 0 Å². The van der Waals surface area contributed by atoms with Crippen LogP contribution in [0, 0.1) is 0 Å². The Labute approximate surface area is 126 Å². The van der Waals surface area contributed by atoms with Crippen molar-refractivity contribution in [3.63, 3.8) is 0 Å². The van der Waals surface area contributed by atoms with Crippen molar-refractivity contribution in [1.29, 1.82) is 0 Å². The van der Waals surface area contributed by atoms with E-state index in [1.165, 1.54) is 6.04 Å². The zero-order valence-electron chi connectivity index (χ0n) is 13.1. The van der Waals surface area contributed by atoms with E-state index in [9.17, 15) is 0 Å². The summed E-state index contributed by atoms with van der Waals surface area (Å²) in [6, 6.07) is 3.04. The molecule has 0 unspecified atom stereocenters. The Bertz CT molecular complexity index is 558. The van der Waals surface area contributed by atoms with Crippen molar-refractivity contribution in [2.75, 3.05) is 12.3 Å². The summed E-state index contributed by atoms with van der Waals surface area (Å²) in [5.41, 5.74) is 7.63. The quantitative estimate of drug-likeness (QED) is 0.515. The number of nitrogens with one attached hydrogen (secondary N) is 2. The van der Waals surface area contributed by atoms with E-state index in [1.807, 2.05) is 12.3 Å². The second-order valence-electron chi connectivity index (χ2n) is 6.54. The minimum absolute atomic E-state index is 0.529. The second-order valence-corrected chi connectivity index (χ2v) is 12.2. The number of nitrogen functional groups attached to an aromatic ring is 1. The van der Waals surface area contributed by atoms with Crippen LogP contribution in [0.5, 0.6) is 0 Å². The molecule has 0 saturated heterocycles. The van der Waals surface area contributed by atoms with Gasteiger partial charge in [-0.1, -0.05) is 19.6 Å². The molecule has 0 aliphatic heterocycles. The minimum Gasteiger partial charge on any atom is -0.382 e. The van der Waals surface area contributed by atoms with E-state index >= 15 is 0 Å². The maximum atomic E-state index is 5.71. The smallest absolute Gasteiger partial charge is 0.145 e. The van der Waals surface area contributed by atoms with Crippen LogP contribution in [0.4, 0.5) is 5.82 Å². The van der Waals surface area contributed by atoms with Crippen molar-refractivity contribution in [1.82, 2.24) is 20.2 Å². The monoisotopic (exact) mass is 307 g/mol. The predicted molar refractivity (Wildman–Crippen MR) is 86.8 cm³/mol. The van der Waals surface area contributed by atoms with E-state index in [4.69, 9.17) is 10.5 Å². The van der Waals surface area contributed by atoms with Gasteiger partial charge in [-0.15, -0.1) is 0 Å². The molecule has 2 rings (SSSR count). The van der Waals surface area contributed by atoms with E-state index in [0.29, 0.717) is 12.4 Å². The third-order valence-corrected chi connectivity index (χ3v) is 4.92. The molecule has 2 aromatic rings. The first kappa shape index (κ1) is 15.8. The molecule has 2 aromatic heterocycles. The fraction of sp³-hybridized carbons (Fsp3) is 0.571. The molecule has 7 heteroatoms. The SMILES string of the molecule is C[Si](C)(C)CCOCc1cnc(CCc2cc(N)n[nH]2)[nH]1. The number of anilines is 1. The van der Waals surface area contributed by atoms with Gasteiger partial charge in [0.15, 0.2) is 0 Å². The van der Waals surface area contributed by atoms with Crippen molar-refractivity contribution in [3.8, 4) is 0 Å². The first-order chi connectivity index (χ1) is 9.92. The number of rotatable bonds is 8. The van der Waals surface area contributed by atoms with E-state index < -0.39 is 8.07 Å². The highest BCUT2D eigenvalue weighted by Crippen LogP contribution is 2.09. The number of aromatic nitrogens is 4. The molecule has 0 aromatic carbocycles. The van der Waals surface area contributed by atoms with Gasteiger partial charge in [0.05, 0.1) is 18.5 Å². The van der Waals surface area contributed by atoms with Gasteiger partial charge in [-0.3, -0.25) is 5.10 Å². The third-order valence-electron chi connectivity index (χ3n) is 3.22. The summed E-state index contributed by atoms with van der Waals surface area (Å²) >= 11 is 0. The number of imidazole rings is 1. The zero-order valence-corrected chi connectivity index (χ0v) is 14.1. The molecule has 0 amide bonds. The molecule has 116 valence electrons. The lowest BCUT2D eigenvalue weighted by atomic mass is 10.2. The lowest BCUT2D eigenvalue weighted by Gasteiger charge is -2.14. The van der Waals surface area contributed by atoms with Crippen molar-refractivity contribution in [2.45, 2.75) is 45.1 Å². The van der Waals surface area contributed by atoms with Gasteiger partial charge < -0.3 is 15.5 Å². The number of nitrogens with zero attached hydrogens (tertiary/aromatic N) is 2. The normalized spacial score (nSPS) is 12.0. The highest BCUT2D eigenvalue weighted by molar-refractivity contribution is 6.76. The Morgan fingerprint density at radius 1 is 1.24 bits per heavy atom. The van der Waals surface area contributed by atoms with Crippen LogP contribution in [0.15, 0.2) is 12.3 Å². The van der Waals surface area contributed by atoms with Crippen LogP contribution in [-0.2, 0) is 24.2 Å². The average Bonchev–Trinajstić information content (AvgIpc) is 3.00. The van der Waals surface area contributed by atoms with Crippen LogP contribution in [-0.4, -0.2) is 34.8 Å². The summed E-state index contributed by atoms with van der Waals surface area (Å²) in [4.78, 5) is 7.67. The van der Waals surface area contributed by atoms with Gasteiger partial charge in [0.2, 0.25) is 0 Å². The molecule has 0 fully saturated rings. The van der Waals surface area contributed by atoms with Crippen LogP contribution in [0.25, 0.3) is 0 Å². The van der Waals surface area contributed by atoms with Gasteiger partial charge in [-0.25, -0.2) is 4.98 Å². The van der Waals surface area contributed by atoms with Crippen LogP contribution in [0.1, 0.15) is 17.2 Å². The molecule has 21 heavy (non-hydrogen) atoms. The van der Waals surface area contributed by atoms with Crippen LogP contribution in [0.2, 0.25) is 25.7 Å². The van der Waals surface area contributed by atoms with Gasteiger partial charge in [-0.2, -0.15) is 5.10 Å². The summed E-state index contributed by atoms with van der Waals surface area (Å²) in [7, 11) is -1.01. The topological polar surface area (TPSA) is 92.6 Å². The van der Waals surface area contributed by atoms with Crippen molar-refractivity contribution >= 4 is 13.9 Å². The Morgan fingerprint density at radius 2 is 2.05 bits per heavy atom. The number of aromatic amines is 2.